The molecule has 1 fully saturated rings. The predicted octanol–water partition coefficient (Wildman–Crippen LogP) is 3.06. The van der Waals surface area contributed by atoms with Crippen molar-refractivity contribution in [3.8, 4) is 0 Å². The Labute approximate surface area is 173 Å². The number of hydrogen-bond acceptors (Lipinski definition) is 4. The molecule has 0 radical (unpaired) electrons. The second-order valence-electron chi connectivity index (χ2n) is 7.03. The highest BCUT2D eigenvalue weighted by molar-refractivity contribution is 7.90. The van der Waals surface area contributed by atoms with Crippen molar-refractivity contribution in [1.82, 2.24) is 14.2 Å². The summed E-state index contributed by atoms with van der Waals surface area (Å²) in [5, 5.41) is 3.32. The lowest BCUT2D eigenvalue weighted by molar-refractivity contribution is 0.0643. The van der Waals surface area contributed by atoms with Crippen LogP contribution in [0.3, 0.4) is 0 Å². The summed E-state index contributed by atoms with van der Waals surface area (Å²) in [4.78, 5) is 15.2. The largest absolute Gasteiger partial charge is 0.336 e. The molecule has 1 amide bonds. The summed E-state index contributed by atoms with van der Waals surface area (Å²) in [6.45, 7) is 6.45. The van der Waals surface area contributed by atoms with Gasteiger partial charge in [0.05, 0.1) is 10.5 Å². The van der Waals surface area contributed by atoms with Crippen LogP contribution >= 0.6 is 12.4 Å². The van der Waals surface area contributed by atoms with Crippen LogP contribution in [0.15, 0.2) is 47.6 Å². The van der Waals surface area contributed by atoms with E-state index in [1.165, 1.54) is 12.4 Å². The van der Waals surface area contributed by atoms with Gasteiger partial charge in [0.1, 0.15) is 0 Å². The van der Waals surface area contributed by atoms with Crippen LogP contribution in [0.2, 0.25) is 0 Å². The molecule has 3 rings (SSSR count). The molecule has 2 aromatic rings. The fraction of sp³-hybridized carbons (Fsp3) is 0.450. The van der Waals surface area contributed by atoms with Gasteiger partial charge in [-0.15, -0.1) is 12.4 Å². The first-order valence-corrected chi connectivity index (χ1v) is 10.9. The first-order valence-electron chi connectivity index (χ1n) is 9.45. The summed E-state index contributed by atoms with van der Waals surface area (Å²) in [5.74, 6) is -0.0957. The zero-order valence-electron chi connectivity index (χ0n) is 16.3. The normalized spacial score (nSPS) is 15.1. The van der Waals surface area contributed by atoms with Crippen molar-refractivity contribution in [2.45, 2.75) is 44.0 Å². The Bertz CT molecular complexity index is 888. The van der Waals surface area contributed by atoms with Gasteiger partial charge in [-0.2, -0.15) is 0 Å². The van der Waals surface area contributed by atoms with Crippen LogP contribution in [0, 0.1) is 6.92 Å². The molecule has 154 valence electrons. The third-order valence-electron chi connectivity index (χ3n) is 4.99. The number of hydrogen-bond donors (Lipinski definition) is 1. The van der Waals surface area contributed by atoms with E-state index in [9.17, 15) is 13.2 Å². The average molecular weight is 426 g/mol. The van der Waals surface area contributed by atoms with Crippen molar-refractivity contribution >= 4 is 28.3 Å². The molecule has 1 aliphatic rings. The molecule has 0 unspecified atom stereocenters. The summed E-state index contributed by atoms with van der Waals surface area (Å²) in [6.07, 6.45) is 5.61. The van der Waals surface area contributed by atoms with E-state index >= 15 is 0 Å². The van der Waals surface area contributed by atoms with Gasteiger partial charge in [0.2, 0.25) is 0 Å². The number of carbonyl (C=O) groups is 1. The Morgan fingerprint density at radius 3 is 2.43 bits per heavy atom. The Balaban J connectivity index is 0.00000280. The van der Waals surface area contributed by atoms with Crippen LogP contribution in [0.5, 0.6) is 0 Å². The van der Waals surface area contributed by atoms with E-state index in [1.807, 2.05) is 18.7 Å². The van der Waals surface area contributed by atoms with Crippen molar-refractivity contribution in [2.75, 3.05) is 19.6 Å². The first-order chi connectivity index (χ1) is 12.9. The van der Waals surface area contributed by atoms with E-state index in [2.05, 4.69) is 5.32 Å². The highest BCUT2D eigenvalue weighted by atomic mass is 35.5. The van der Waals surface area contributed by atoms with Crippen LogP contribution in [-0.4, -0.2) is 48.9 Å². The molecule has 2 heterocycles. The summed E-state index contributed by atoms with van der Waals surface area (Å²) in [5.41, 5.74) is 1.41. The third-order valence-corrected chi connectivity index (χ3v) is 6.64. The number of aryl methyl sites for hydroxylation is 1. The predicted molar refractivity (Wildman–Crippen MR) is 113 cm³/mol. The molecule has 8 heteroatoms. The fourth-order valence-electron chi connectivity index (χ4n) is 3.46. The summed E-state index contributed by atoms with van der Waals surface area (Å²) in [6, 6.07) is 8.51. The molecule has 0 spiro atoms. The molecule has 0 aliphatic carbocycles. The van der Waals surface area contributed by atoms with Gasteiger partial charge >= 0.3 is 0 Å². The second kappa shape index (κ2) is 9.58. The molecule has 1 aliphatic heterocycles. The number of nitrogens with one attached hydrogen (secondary N) is 1. The van der Waals surface area contributed by atoms with Crippen LogP contribution in [0.4, 0.5) is 0 Å². The number of amides is 1. The summed E-state index contributed by atoms with van der Waals surface area (Å²) >= 11 is 0. The van der Waals surface area contributed by atoms with E-state index in [0.717, 1.165) is 41.9 Å². The molecule has 1 aromatic heterocycles. The molecule has 1 saturated heterocycles. The highest BCUT2D eigenvalue weighted by Gasteiger charge is 2.27. The molecule has 28 heavy (non-hydrogen) atoms. The van der Waals surface area contributed by atoms with Crippen LogP contribution in [0.25, 0.3) is 0 Å². The Hall–Kier alpha value is -1.83. The van der Waals surface area contributed by atoms with Gasteiger partial charge in [-0.25, -0.2) is 12.4 Å². The molecule has 1 aromatic carbocycles. The monoisotopic (exact) mass is 425 g/mol. The van der Waals surface area contributed by atoms with Crippen molar-refractivity contribution in [2.24, 2.45) is 0 Å². The second-order valence-corrected chi connectivity index (χ2v) is 8.87. The minimum Gasteiger partial charge on any atom is -0.336 e. The lowest BCUT2D eigenvalue weighted by Crippen LogP contribution is -2.46. The SMILES string of the molecule is CCCN(C(=O)c1ccn(S(=O)(=O)c2ccc(C)cc2)c1)C1CCNCC1.Cl. The molecular formula is C20H28ClN3O3S. The lowest BCUT2D eigenvalue weighted by Gasteiger charge is -2.34. The molecule has 6 nitrogen and oxygen atoms in total. The van der Waals surface area contributed by atoms with Crippen molar-refractivity contribution < 1.29 is 13.2 Å². The number of nitrogens with zero attached hydrogens (tertiary/aromatic N) is 2. The van der Waals surface area contributed by atoms with Gasteiger partial charge in [-0.1, -0.05) is 24.6 Å². The maximum Gasteiger partial charge on any atom is 0.267 e. The smallest absolute Gasteiger partial charge is 0.267 e. The van der Waals surface area contributed by atoms with Gasteiger partial charge in [-0.3, -0.25) is 4.79 Å². The van der Waals surface area contributed by atoms with Crippen LogP contribution in [0.1, 0.15) is 42.1 Å². The molecule has 1 N–H and O–H groups in total. The number of carbonyl (C=O) groups excluding carboxylic acids is 1. The third kappa shape index (κ3) is 4.77. The zero-order chi connectivity index (χ0) is 19.4. The van der Waals surface area contributed by atoms with E-state index in [4.69, 9.17) is 0 Å². The van der Waals surface area contributed by atoms with E-state index in [-0.39, 0.29) is 29.3 Å². The van der Waals surface area contributed by atoms with Gasteiger partial charge in [0.25, 0.3) is 15.9 Å². The number of piperidine rings is 1. The van der Waals surface area contributed by atoms with E-state index in [1.54, 1.807) is 30.3 Å². The number of rotatable bonds is 6. The maximum atomic E-state index is 13.1. The first kappa shape index (κ1) is 22.5. The summed E-state index contributed by atoms with van der Waals surface area (Å²) < 4.78 is 26.8. The zero-order valence-corrected chi connectivity index (χ0v) is 17.9. The van der Waals surface area contributed by atoms with Gasteiger partial charge < -0.3 is 10.2 Å². The quantitative estimate of drug-likeness (QED) is 0.772. The van der Waals surface area contributed by atoms with Crippen molar-refractivity contribution in [3.63, 3.8) is 0 Å². The Morgan fingerprint density at radius 2 is 1.82 bits per heavy atom. The minimum atomic E-state index is -3.70. The molecular weight excluding hydrogens is 398 g/mol. The molecule has 0 saturated carbocycles. The lowest BCUT2D eigenvalue weighted by atomic mass is 10.0. The molecule has 0 bridgehead atoms. The van der Waals surface area contributed by atoms with Crippen LogP contribution in [-0.2, 0) is 10.0 Å². The fourth-order valence-corrected chi connectivity index (χ4v) is 4.66. The Kier molecular flexibility index (Phi) is 7.69. The number of benzene rings is 1. The number of halogens is 1. The summed E-state index contributed by atoms with van der Waals surface area (Å²) in [7, 11) is -3.70. The van der Waals surface area contributed by atoms with Crippen molar-refractivity contribution in [1.29, 1.82) is 0 Å². The van der Waals surface area contributed by atoms with Gasteiger partial charge in [-0.05, 0) is 57.5 Å². The Morgan fingerprint density at radius 1 is 1.18 bits per heavy atom. The number of aromatic nitrogens is 1. The van der Waals surface area contributed by atoms with E-state index in [0.29, 0.717) is 12.1 Å². The van der Waals surface area contributed by atoms with Crippen molar-refractivity contribution in [3.05, 3.63) is 53.9 Å². The van der Waals surface area contributed by atoms with Crippen LogP contribution < -0.4 is 5.32 Å². The van der Waals surface area contributed by atoms with Gasteiger partial charge in [0.15, 0.2) is 0 Å². The average Bonchev–Trinajstić information content (AvgIpc) is 3.18. The van der Waals surface area contributed by atoms with Gasteiger partial charge in [0, 0.05) is 25.0 Å². The topological polar surface area (TPSA) is 71.4 Å². The standard InChI is InChI=1S/C20H27N3O3S.ClH/c1-3-13-23(18-8-11-21-12-9-18)20(24)17-10-14-22(15-17)27(25,26)19-6-4-16(2)5-7-19;/h4-7,10,14-15,18,21H,3,8-9,11-13H2,1-2H3;1H. The van der Waals surface area contributed by atoms with E-state index < -0.39 is 10.0 Å². The molecule has 0 atom stereocenters. The highest BCUT2D eigenvalue weighted by Crippen LogP contribution is 2.19. The minimum absolute atomic E-state index is 0. The maximum absolute atomic E-state index is 13.1.